The lowest BCUT2D eigenvalue weighted by Crippen LogP contribution is -2.13. The molecule has 0 fully saturated rings. The van der Waals surface area contributed by atoms with Gasteiger partial charge in [0.15, 0.2) is 0 Å². The van der Waals surface area contributed by atoms with E-state index in [1.165, 1.54) is 0 Å². The van der Waals surface area contributed by atoms with E-state index in [1.807, 2.05) is 24.3 Å². The molecule has 0 saturated carbocycles. The number of carbonyl (C=O) groups excluding carboxylic acids is 1. The first kappa shape index (κ1) is 15.9. The molecule has 0 unspecified atom stereocenters. The van der Waals surface area contributed by atoms with Crippen molar-refractivity contribution in [2.24, 2.45) is 5.41 Å². The number of carbonyl (C=O) groups is 1. The van der Waals surface area contributed by atoms with Gasteiger partial charge in [0.05, 0.1) is 0 Å². The summed E-state index contributed by atoms with van der Waals surface area (Å²) in [6.07, 6.45) is 5.83. The predicted octanol–water partition coefficient (Wildman–Crippen LogP) is 4.10. The maximum absolute atomic E-state index is 12.2. The van der Waals surface area contributed by atoms with Gasteiger partial charge in [-0.1, -0.05) is 45.1 Å². The number of anilines is 1. The van der Waals surface area contributed by atoms with E-state index in [0.717, 1.165) is 5.56 Å². The zero-order chi connectivity index (χ0) is 16.2. The van der Waals surface area contributed by atoms with Gasteiger partial charge in [0.2, 0.25) is 0 Å². The van der Waals surface area contributed by atoms with Crippen LogP contribution in [0.2, 0.25) is 0 Å². The summed E-state index contributed by atoms with van der Waals surface area (Å²) in [6, 6.07) is 9.16. The second-order valence-electron chi connectivity index (χ2n) is 6.26. The molecule has 0 radical (unpaired) electrons. The van der Waals surface area contributed by atoms with Crippen LogP contribution in [-0.4, -0.2) is 15.9 Å². The summed E-state index contributed by atoms with van der Waals surface area (Å²) in [5.41, 5.74) is 1.81. The number of amides is 1. The van der Waals surface area contributed by atoms with Gasteiger partial charge < -0.3 is 5.32 Å². The number of nitrogens with one attached hydrogen (secondary N) is 1. The molecule has 0 saturated heterocycles. The Morgan fingerprint density at radius 3 is 2.41 bits per heavy atom. The fourth-order valence-electron chi connectivity index (χ4n) is 1.81. The highest BCUT2D eigenvalue weighted by Gasteiger charge is 2.07. The van der Waals surface area contributed by atoms with Crippen molar-refractivity contribution in [1.82, 2.24) is 9.97 Å². The molecule has 1 heterocycles. The van der Waals surface area contributed by atoms with Crippen LogP contribution < -0.4 is 5.32 Å². The highest BCUT2D eigenvalue weighted by atomic mass is 16.1. The van der Waals surface area contributed by atoms with Crippen LogP contribution in [0.3, 0.4) is 0 Å². The van der Waals surface area contributed by atoms with Gasteiger partial charge in [-0.05, 0) is 36.1 Å². The van der Waals surface area contributed by atoms with Gasteiger partial charge in [0.1, 0.15) is 11.6 Å². The van der Waals surface area contributed by atoms with Crippen LogP contribution in [0.5, 0.6) is 0 Å². The highest BCUT2D eigenvalue weighted by Crippen LogP contribution is 2.17. The van der Waals surface area contributed by atoms with Crippen LogP contribution in [0.25, 0.3) is 6.08 Å². The van der Waals surface area contributed by atoms with E-state index in [2.05, 4.69) is 48.2 Å². The van der Waals surface area contributed by atoms with Crippen LogP contribution in [0.4, 0.5) is 5.82 Å². The van der Waals surface area contributed by atoms with Crippen LogP contribution >= 0.6 is 0 Å². The second kappa shape index (κ2) is 6.52. The van der Waals surface area contributed by atoms with Crippen molar-refractivity contribution in [3.05, 3.63) is 59.6 Å². The fourth-order valence-corrected chi connectivity index (χ4v) is 1.81. The molecule has 0 aliphatic heterocycles. The van der Waals surface area contributed by atoms with Crippen LogP contribution in [-0.2, 0) is 0 Å². The molecule has 0 aliphatic carbocycles. The molecule has 4 nitrogen and oxygen atoms in total. The molecule has 0 spiro atoms. The standard InChI is InChI=1S/C18H21N3O/c1-13-19-12-10-16(20-13)21-17(22)15-7-5-14(6-8-15)9-11-18(2,3)4/h5-12H,1-4H3,(H,19,20,21,22). The SMILES string of the molecule is Cc1nccc(NC(=O)c2ccc(C=CC(C)(C)C)cc2)n1. The minimum atomic E-state index is -0.176. The van der Waals surface area contributed by atoms with E-state index in [4.69, 9.17) is 0 Å². The van der Waals surface area contributed by atoms with Gasteiger partial charge in [-0.15, -0.1) is 0 Å². The maximum Gasteiger partial charge on any atom is 0.256 e. The van der Waals surface area contributed by atoms with E-state index < -0.39 is 0 Å². The smallest absolute Gasteiger partial charge is 0.256 e. The Morgan fingerprint density at radius 1 is 1.14 bits per heavy atom. The van der Waals surface area contributed by atoms with Crippen molar-refractivity contribution < 1.29 is 4.79 Å². The third-order valence-electron chi connectivity index (χ3n) is 2.97. The zero-order valence-electron chi connectivity index (χ0n) is 13.4. The monoisotopic (exact) mass is 295 g/mol. The maximum atomic E-state index is 12.2. The Labute approximate surface area is 131 Å². The average Bonchev–Trinajstić information content (AvgIpc) is 2.45. The molecule has 0 bridgehead atoms. The summed E-state index contributed by atoms with van der Waals surface area (Å²) >= 11 is 0. The molecular formula is C18H21N3O. The largest absolute Gasteiger partial charge is 0.306 e. The van der Waals surface area contributed by atoms with Crippen LogP contribution in [0.1, 0.15) is 42.5 Å². The van der Waals surface area contributed by atoms with Gasteiger partial charge >= 0.3 is 0 Å². The van der Waals surface area contributed by atoms with Crippen molar-refractivity contribution in [2.45, 2.75) is 27.7 Å². The lowest BCUT2D eigenvalue weighted by Gasteiger charge is -2.11. The average molecular weight is 295 g/mol. The Kier molecular flexibility index (Phi) is 4.71. The number of allylic oxidation sites excluding steroid dienone is 1. The zero-order valence-corrected chi connectivity index (χ0v) is 13.4. The number of rotatable bonds is 3. The number of hydrogen-bond donors (Lipinski definition) is 1. The lowest BCUT2D eigenvalue weighted by atomic mass is 9.95. The van der Waals surface area contributed by atoms with Crippen molar-refractivity contribution >= 4 is 17.8 Å². The quantitative estimate of drug-likeness (QED) is 0.927. The number of aryl methyl sites for hydroxylation is 1. The van der Waals surface area contributed by atoms with Gasteiger partial charge in [0.25, 0.3) is 5.91 Å². The topological polar surface area (TPSA) is 54.9 Å². The first-order chi connectivity index (χ1) is 10.3. The minimum absolute atomic E-state index is 0.140. The van der Waals surface area contributed by atoms with E-state index >= 15 is 0 Å². The van der Waals surface area contributed by atoms with Crippen LogP contribution in [0.15, 0.2) is 42.6 Å². The molecule has 1 aromatic carbocycles. The molecule has 22 heavy (non-hydrogen) atoms. The summed E-state index contributed by atoms with van der Waals surface area (Å²) in [7, 11) is 0. The summed E-state index contributed by atoms with van der Waals surface area (Å²) in [5.74, 6) is 0.958. The van der Waals surface area contributed by atoms with Crippen molar-refractivity contribution in [2.75, 3.05) is 5.32 Å². The van der Waals surface area contributed by atoms with Gasteiger partial charge in [-0.3, -0.25) is 4.79 Å². The Balaban J connectivity index is 2.07. The van der Waals surface area contributed by atoms with Crippen molar-refractivity contribution in [3.8, 4) is 0 Å². The van der Waals surface area contributed by atoms with E-state index in [9.17, 15) is 4.79 Å². The molecular weight excluding hydrogens is 274 g/mol. The van der Waals surface area contributed by atoms with Gasteiger partial charge in [0, 0.05) is 11.8 Å². The third kappa shape index (κ3) is 4.81. The highest BCUT2D eigenvalue weighted by molar-refractivity contribution is 6.03. The number of hydrogen-bond acceptors (Lipinski definition) is 3. The van der Waals surface area contributed by atoms with Gasteiger partial charge in [-0.25, -0.2) is 9.97 Å². The Hall–Kier alpha value is -2.49. The molecule has 2 aromatic rings. The fraction of sp³-hybridized carbons (Fsp3) is 0.278. The number of benzene rings is 1. The Morgan fingerprint density at radius 2 is 1.82 bits per heavy atom. The van der Waals surface area contributed by atoms with E-state index in [0.29, 0.717) is 17.2 Å². The molecule has 1 amide bonds. The minimum Gasteiger partial charge on any atom is -0.306 e. The third-order valence-corrected chi connectivity index (χ3v) is 2.97. The molecule has 1 N–H and O–H groups in total. The lowest BCUT2D eigenvalue weighted by molar-refractivity contribution is 0.102. The number of aromatic nitrogens is 2. The molecule has 2 rings (SSSR count). The predicted molar refractivity (Wildman–Crippen MR) is 89.7 cm³/mol. The molecule has 0 atom stereocenters. The summed E-state index contributed by atoms with van der Waals surface area (Å²) < 4.78 is 0. The second-order valence-corrected chi connectivity index (χ2v) is 6.26. The summed E-state index contributed by atoms with van der Waals surface area (Å²) in [5, 5.41) is 2.77. The first-order valence-electron chi connectivity index (χ1n) is 7.24. The number of nitrogens with zero attached hydrogens (tertiary/aromatic N) is 2. The molecule has 1 aromatic heterocycles. The first-order valence-corrected chi connectivity index (χ1v) is 7.24. The van der Waals surface area contributed by atoms with E-state index in [-0.39, 0.29) is 11.3 Å². The molecule has 0 aliphatic rings. The molecule has 4 heteroatoms. The van der Waals surface area contributed by atoms with E-state index in [1.54, 1.807) is 19.2 Å². The van der Waals surface area contributed by atoms with Crippen molar-refractivity contribution in [3.63, 3.8) is 0 Å². The van der Waals surface area contributed by atoms with Crippen LogP contribution in [0, 0.1) is 12.3 Å². The summed E-state index contributed by atoms with van der Waals surface area (Å²) in [4.78, 5) is 20.3. The normalized spacial score (nSPS) is 11.6. The Bertz CT molecular complexity index is 682. The van der Waals surface area contributed by atoms with Crippen molar-refractivity contribution in [1.29, 1.82) is 0 Å². The van der Waals surface area contributed by atoms with Gasteiger partial charge in [-0.2, -0.15) is 0 Å². The molecule has 114 valence electrons. The summed E-state index contributed by atoms with van der Waals surface area (Å²) in [6.45, 7) is 8.23.